The zero-order valence-electron chi connectivity index (χ0n) is 12.5. The van der Waals surface area contributed by atoms with Crippen molar-refractivity contribution < 1.29 is 14.1 Å². The summed E-state index contributed by atoms with van der Waals surface area (Å²) in [7, 11) is 0. The molecular formula is C17H17FN2O3. The van der Waals surface area contributed by atoms with Gasteiger partial charge in [0.25, 0.3) is 5.69 Å². The largest absolute Gasteiger partial charge is 0.490 e. The molecule has 1 aliphatic rings. The number of nitro groups is 1. The maximum atomic E-state index is 12.9. The molecule has 0 N–H and O–H groups in total. The second-order valence-electron chi connectivity index (χ2n) is 5.50. The Hall–Kier alpha value is -2.63. The van der Waals surface area contributed by atoms with Gasteiger partial charge in [-0.15, -0.1) is 0 Å². The lowest BCUT2D eigenvalue weighted by atomic mass is 10.1. The number of para-hydroxylation sites is 2. The van der Waals surface area contributed by atoms with Crippen molar-refractivity contribution in [2.75, 3.05) is 18.0 Å². The van der Waals surface area contributed by atoms with Crippen molar-refractivity contribution in [3.63, 3.8) is 0 Å². The van der Waals surface area contributed by atoms with Crippen LogP contribution in [0, 0.1) is 15.9 Å². The van der Waals surface area contributed by atoms with E-state index in [2.05, 4.69) is 0 Å². The molecule has 2 aromatic carbocycles. The summed E-state index contributed by atoms with van der Waals surface area (Å²) in [6.07, 6.45) is 1.58. The maximum absolute atomic E-state index is 12.9. The van der Waals surface area contributed by atoms with Gasteiger partial charge in [0.1, 0.15) is 23.4 Å². The molecular weight excluding hydrogens is 299 g/mol. The van der Waals surface area contributed by atoms with Crippen LogP contribution in [0.15, 0.2) is 48.5 Å². The van der Waals surface area contributed by atoms with E-state index in [9.17, 15) is 14.5 Å². The van der Waals surface area contributed by atoms with E-state index in [-0.39, 0.29) is 22.5 Å². The van der Waals surface area contributed by atoms with Crippen molar-refractivity contribution in [1.82, 2.24) is 0 Å². The molecule has 0 aliphatic carbocycles. The highest BCUT2D eigenvalue weighted by Crippen LogP contribution is 2.30. The van der Waals surface area contributed by atoms with Crippen LogP contribution in [0.4, 0.5) is 15.8 Å². The summed E-state index contributed by atoms with van der Waals surface area (Å²) in [5.41, 5.74) is 0.781. The van der Waals surface area contributed by atoms with E-state index in [0.717, 1.165) is 12.8 Å². The molecule has 3 rings (SSSR count). The molecule has 1 aliphatic heterocycles. The van der Waals surface area contributed by atoms with Gasteiger partial charge >= 0.3 is 0 Å². The highest BCUT2D eigenvalue weighted by molar-refractivity contribution is 5.63. The minimum absolute atomic E-state index is 0.0412. The fourth-order valence-electron chi connectivity index (χ4n) is 2.81. The third-order valence-electron chi connectivity index (χ3n) is 3.98. The molecule has 0 radical (unpaired) electrons. The van der Waals surface area contributed by atoms with Gasteiger partial charge < -0.3 is 9.64 Å². The summed E-state index contributed by atoms with van der Waals surface area (Å²) >= 11 is 0. The summed E-state index contributed by atoms with van der Waals surface area (Å²) < 4.78 is 18.7. The van der Waals surface area contributed by atoms with Gasteiger partial charge in [-0.05, 0) is 30.3 Å². The molecule has 2 aromatic rings. The first-order chi connectivity index (χ1) is 11.1. The van der Waals surface area contributed by atoms with E-state index >= 15 is 0 Å². The number of anilines is 1. The van der Waals surface area contributed by atoms with E-state index in [1.807, 2.05) is 11.0 Å². The van der Waals surface area contributed by atoms with E-state index < -0.39 is 0 Å². The van der Waals surface area contributed by atoms with E-state index in [0.29, 0.717) is 24.5 Å². The molecule has 0 saturated carbocycles. The average Bonchev–Trinajstić information content (AvgIpc) is 2.58. The first kappa shape index (κ1) is 15.3. The molecule has 5 nitrogen and oxygen atoms in total. The number of ether oxygens (including phenoxy) is 1. The average molecular weight is 316 g/mol. The smallest absolute Gasteiger partial charge is 0.292 e. The summed E-state index contributed by atoms with van der Waals surface area (Å²) in [6, 6.07) is 12.8. The van der Waals surface area contributed by atoms with Gasteiger partial charge in [-0.1, -0.05) is 12.1 Å². The van der Waals surface area contributed by atoms with Crippen LogP contribution in [-0.2, 0) is 0 Å². The lowest BCUT2D eigenvalue weighted by molar-refractivity contribution is -0.384. The zero-order valence-corrected chi connectivity index (χ0v) is 12.5. The Balaban J connectivity index is 1.62. The minimum atomic E-state index is -0.351. The number of piperidine rings is 1. The van der Waals surface area contributed by atoms with Crippen LogP contribution in [0.5, 0.6) is 5.75 Å². The van der Waals surface area contributed by atoms with Crippen LogP contribution in [0.25, 0.3) is 0 Å². The molecule has 1 fully saturated rings. The summed E-state index contributed by atoms with van der Waals surface area (Å²) in [5, 5.41) is 11.1. The lowest BCUT2D eigenvalue weighted by Crippen LogP contribution is -2.38. The van der Waals surface area contributed by atoms with Gasteiger partial charge in [-0.2, -0.15) is 0 Å². The van der Waals surface area contributed by atoms with Crippen LogP contribution in [0.2, 0.25) is 0 Å². The van der Waals surface area contributed by atoms with Gasteiger partial charge in [0.2, 0.25) is 0 Å². The fraction of sp³-hybridized carbons (Fsp3) is 0.294. The molecule has 1 heterocycles. The molecule has 120 valence electrons. The van der Waals surface area contributed by atoms with Gasteiger partial charge in [0.15, 0.2) is 0 Å². The number of rotatable bonds is 4. The minimum Gasteiger partial charge on any atom is -0.490 e. The van der Waals surface area contributed by atoms with Crippen molar-refractivity contribution >= 4 is 11.4 Å². The number of halogens is 1. The lowest BCUT2D eigenvalue weighted by Gasteiger charge is -2.33. The second-order valence-corrected chi connectivity index (χ2v) is 5.50. The number of benzene rings is 2. The third-order valence-corrected chi connectivity index (χ3v) is 3.98. The van der Waals surface area contributed by atoms with Crippen LogP contribution >= 0.6 is 0 Å². The van der Waals surface area contributed by atoms with Crippen LogP contribution in [0.3, 0.4) is 0 Å². The van der Waals surface area contributed by atoms with Crippen molar-refractivity contribution in [3.8, 4) is 5.75 Å². The SMILES string of the molecule is O=[N+]([O-])c1ccccc1N1CCC(Oc2ccc(F)cc2)CC1. The first-order valence-electron chi connectivity index (χ1n) is 7.54. The quantitative estimate of drug-likeness (QED) is 0.636. The summed E-state index contributed by atoms with van der Waals surface area (Å²) in [4.78, 5) is 12.8. The van der Waals surface area contributed by atoms with E-state index in [1.54, 1.807) is 24.3 Å². The molecule has 0 amide bonds. The van der Waals surface area contributed by atoms with Crippen LogP contribution < -0.4 is 9.64 Å². The molecule has 23 heavy (non-hydrogen) atoms. The Morgan fingerprint density at radius 3 is 2.39 bits per heavy atom. The van der Waals surface area contributed by atoms with E-state index in [4.69, 9.17) is 4.74 Å². The summed E-state index contributed by atoms with van der Waals surface area (Å²) in [6.45, 7) is 1.38. The predicted molar refractivity (Wildman–Crippen MR) is 85.4 cm³/mol. The van der Waals surface area contributed by atoms with Crippen molar-refractivity contribution in [1.29, 1.82) is 0 Å². The van der Waals surface area contributed by atoms with Gasteiger partial charge in [-0.25, -0.2) is 4.39 Å². The van der Waals surface area contributed by atoms with Crippen LogP contribution in [0.1, 0.15) is 12.8 Å². The molecule has 0 spiro atoms. The standard InChI is InChI=1S/C17H17FN2O3/c18-13-5-7-14(8-6-13)23-15-9-11-19(12-10-15)16-3-1-2-4-17(16)20(21)22/h1-8,15H,9-12H2. The van der Waals surface area contributed by atoms with Crippen molar-refractivity contribution in [2.45, 2.75) is 18.9 Å². The number of nitrogens with zero attached hydrogens (tertiary/aromatic N) is 2. The Kier molecular flexibility index (Phi) is 4.41. The summed E-state index contributed by atoms with van der Waals surface area (Å²) in [5.74, 6) is 0.360. The maximum Gasteiger partial charge on any atom is 0.292 e. The Morgan fingerprint density at radius 1 is 1.09 bits per heavy atom. The van der Waals surface area contributed by atoms with Gasteiger partial charge in [0, 0.05) is 32.0 Å². The van der Waals surface area contributed by atoms with Crippen molar-refractivity contribution in [2.24, 2.45) is 0 Å². The predicted octanol–water partition coefficient (Wildman–Crippen LogP) is 3.78. The number of nitro benzene ring substituents is 1. The molecule has 1 saturated heterocycles. The van der Waals surface area contributed by atoms with Crippen molar-refractivity contribution in [3.05, 3.63) is 64.5 Å². The molecule has 0 bridgehead atoms. The normalized spacial score (nSPS) is 15.4. The third kappa shape index (κ3) is 3.59. The topological polar surface area (TPSA) is 55.6 Å². The number of hydrogen-bond donors (Lipinski definition) is 0. The highest BCUT2D eigenvalue weighted by Gasteiger charge is 2.25. The zero-order chi connectivity index (χ0) is 16.2. The molecule has 6 heteroatoms. The second kappa shape index (κ2) is 6.64. The van der Waals surface area contributed by atoms with Crippen LogP contribution in [-0.4, -0.2) is 24.1 Å². The van der Waals surface area contributed by atoms with Gasteiger partial charge in [-0.3, -0.25) is 10.1 Å². The Labute approximate surface area is 133 Å². The monoisotopic (exact) mass is 316 g/mol. The molecule has 0 atom stereocenters. The van der Waals surface area contributed by atoms with E-state index in [1.165, 1.54) is 18.2 Å². The Morgan fingerprint density at radius 2 is 1.74 bits per heavy atom. The number of hydrogen-bond acceptors (Lipinski definition) is 4. The fourth-order valence-corrected chi connectivity index (χ4v) is 2.81. The Bertz CT molecular complexity index is 682. The molecule has 0 aromatic heterocycles. The highest BCUT2D eigenvalue weighted by atomic mass is 19.1. The first-order valence-corrected chi connectivity index (χ1v) is 7.54. The van der Waals surface area contributed by atoms with Gasteiger partial charge in [0.05, 0.1) is 4.92 Å². The molecule has 0 unspecified atom stereocenters.